The molecular weight excluding hydrogens is 264 g/mol. The lowest BCUT2D eigenvalue weighted by molar-refractivity contribution is 0.595. The summed E-state index contributed by atoms with van der Waals surface area (Å²) in [6, 6.07) is 27.5. The molecule has 0 bridgehead atoms. The average Bonchev–Trinajstić information content (AvgIpc) is 2.56. The Morgan fingerprint density at radius 3 is 1.85 bits per heavy atom. The van der Waals surface area contributed by atoms with Gasteiger partial charge >= 0.3 is 0 Å². The third-order valence-corrected chi connectivity index (χ3v) is 4.58. The van der Waals surface area contributed by atoms with E-state index in [4.69, 9.17) is 0 Å². The summed E-state index contributed by atoms with van der Waals surface area (Å²) in [5, 5.41) is 0. The Hall–Kier alpha value is -2.03. The Morgan fingerprint density at radius 1 is 0.600 bits per heavy atom. The fourth-order valence-electron chi connectivity index (χ4n) is 2.16. The molecule has 0 saturated heterocycles. The van der Waals surface area contributed by atoms with Gasteiger partial charge in [-0.05, 0) is 29.8 Å². The van der Waals surface area contributed by atoms with Gasteiger partial charge in [-0.15, -0.1) is 0 Å². The first-order valence-corrected chi connectivity index (χ1v) is 7.62. The van der Waals surface area contributed by atoms with Crippen molar-refractivity contribution in [3.8, 4) is 11.1 Å². The van der Waals surface area contributed by atoms with Crippen LogP contribution in [0.2, 0.25) is 0 Å². The Labute approximate surface area is 122 Å². The van der Waals surface area contributed by atoms with E-state index in [0.29, 0.717) is 0 Å². The van der Waals surface area contributed by atoms with E-state index in [9.17, 15) is 4.55 Å². The molecule has 0 fully saturated rings. The number of hydrogen-bond acceptors (Lipinski definition) is 1. The molecule has 0 aliphatic carbocycles. The van der Waals surface area contributed by atoms with E-state index in [2.05, 4.69) is 0 Å². The molecule has 3 aromatic rings. The highest BCUT2D eigenvalue weighted by molar-refractivity contribution is 7.91. The van der Waals surface area contributed by atoms with Gasteiger partial charge in [0, 0.05) is 16.7 Å². The predicted octanol–water partition coefficient (Wildman–Crippen LogP) is 4.52. The molecule has 0 spiro atoms. The summed E-state index contributed by atoms with van der Waals surface area (Å²) in [5.41, 5.74) is 2.11. The van der Waals surface area contributed by atoms with Crippen LogP contribution in [0.5, 0.6) is 0 Å². The maximum atomic E-state index is 12.8. The molecule has 1 unspecified atom stereocenters. The van der Waals surface area contributed by atoms with Crippen molar-refractivity contribution in [2.24, 2.45) is 0 Å². The smallest absolute Gasteiger partial charge is 0.166 e. The van der Waals surface area contributed by atoms with Gasteiger partial charge in [-0.2, -0.15) is 0 Å². The molecule has 1 atom stereocenters. The minimum absolute atomic E-state index is 0.830. The van der Waals surface area contributed by atoms with E-state index in [-0.39, 0.29) is 0 Å². The van der Waals surface area contributed by atoms with Gasteiger partial charge < -0.3 is 4.55 Å². The van der Waals surface area contributed by atoms with Crippen LogP contribution in [0.1, 0.15) is 0 Å². The molecule has 0 N–H and O–H groups in total. The number of benzene rings is 3. The molecule has 0 aliphatic rings. The summed E-state index contributed by atoms with van der Waals surface area (Å²) in [6.07, 6.45) is 0. The van der Waals surface area contributed by atoms with Crippen LogP contribution in [0, 0.1) is 0 Å². The lowest BCUT2D eigenvalue weighted by atomic mass is 10.1. The minimum atomic E-state index is -1.16. The van der Waals surface area contributed by atoms with Crippen LogP contribution in [-0.2, 0) is 11.2 Å². The molecule has 0 radical (unpaired) electrons. The zero-order valence-corrected chi connectivity index (χ0v) is 11.7. The molecule has 98 valence electrons. The van der Waals surface area contributed by atoms with Crippen LogP contribution in [0.4, 0.5) is 0 Å². The molecule has 1 nitrogen and oxygen atoms in total. The van der Waals surface area contributed by atoms with Crippen molar-refractivity contribution in [1.29, 1.82) is 0 Å². The van der Waals surface area contributed by atoms with Crippen molar-refractivity contribution < 1.29 is 4.55 Å². The first-order valence-electron chi connectivity index (χ1n) is 6.47. The quantitative estimate of drug-likeness (QED) is 0.646. The van der Waals surface area contributed by atoms with Gasteiger partial charge in [0.1, 0.15) is 0 Å². The fraction of sp³-hybridized carbons (Fsp3) is 0. The van der Waals surface area contributed by atoms with Gasteiger partial charge in [-0.25, -0.2) is 0 Å². The second-order valence-corrected chi connectivity index (χ2v) is 5.89. The van der Waals surface area contributed by atoms with Crippen molar-refractivity contribution in [3.63, 3.8) is 0 Å². The molecule has 2 heteroatoms. The Kier molecular flexibility index (Phi) is 3.86. The first-order chi connectivity index (χ1) is 9.86. The predicted molar refractivity (Wildman–Crippen MR) is 83.0 cm³/mol. The molecule has 0 aliphatic heterocycles. The number of hydrogen-bond donors (Lipinski definition) is 0. The minimum Gasteiger partial charge on any atom is -0.606 e. The highest BCUT2D eigenvalue weighted by Crippen LogP contribution is 2.30. The number of rotatable bonds is 3. The molecule has 20 heavy (non-hydrogen) atoms. The molecule has 0 saturated carbocycles. The normalized spacial score (nSPS) is 12.1. The van der Waals surface area contributed by atoms with Crippen LogP contribution in [0.25, 0.3) is 11.1 Å². The van der Waals surface area contributed by atoms with Crippen molar-refractivity contribution in [2.75, 3.05) is 0 Å². The van der Waals surface area contributed by atoms with Gasteiger partial charge in [-0.1, -0.05) is 60.7 Å². The Bertz CT molecular complexity index is 680. The maximum absolute atomic E-state index is 12.8. The third kappa shape index (κ3) is 2.62. The molecule has 3 rings (SSSR count). The zero-order chi connectivity index (χ0) is 13.8. The lowest BCUT2D eigenvalue weighted by Gasteiger charge is -2.13. The maximum Gasteiger partial charge on any atom is 0.166 e. The summed E-state index contributed by atoms with van der Waals surface area (Å²) in [6.45, 7) is 0. The van der Waals surface area contributed by atoms with Gasteiger partial charge in [0.15, 0.2) is 9.79 Å². The summed E-state index contributed by atoms with van der Waals surface area (Å²) in [4.78, 5) is 1.68. The summed E-state index contributed by atoms with van der Waals surface area (Å²) < 4.78 is 12.8. The van der Waals surface area contributed by atoms with Gasteiger partial charge in [0.2, 0.25) is 0 Å². The van der Waals surface area contributed by atoms with Gasteiger partial charge in [0.25, 0.3) is 0 Å². The monoisotopic (exact) mass is 278 g/mol. The largest absolute Gasteiger partial charge is 0.606 e. The summed E-state index contributed by atoms with van der Waals surface area (Å²) in [7, 11) is 0. The highest BCUT2D eigenvalue weighted by atomic mass is 32.2. The van der Waals surface area contributed by atoms with E-state index in [1.54, 1.807) is 0 Å². The van der Waals surface area contributed by atoms with E-state index < -0.39 is 11.2 Å². The second-order valence-electron chi connectivity index (χ2n) is 4.44. The Morgan fingerprint density at radius 2 is 1.15 bits per heavy atom. The van der Waals surface area contributed by atoms with Crippen molar-refractivity contribution in [2.45, 2.75) is 9.79 Å². The average molecular weight is 278 g/mol. The van der Waals surface area contributed by atoms with Gasteiger partial charge in [0.05, 0.1) is 0 Å². The molecule has 3 aromatic carbocycles. The van der Waals surface area contributed by atoms with E-state index in [0.717, 1.165) is 20.9 Å². The second kappa shape index (κ2) is 5.95. The lowest BCUT2D eigenvalue weighted by Crippen LogP contribution is -2.03. The zero-order valence-electron chi connectivity index (χ0n) is 10.9. The third-order valence-electron chi connectivity index (χ3n) is 3.13. The van der Waals surface area contributed by atoms with Crippen molar-refractivity contribution in [1.82, 2.24) is 0 Å². The van der Waals surface area contributed by atoms with E-state index >= 15 is 0 Å². The van der Waals surface area contributed by atoms with Crippen LogP contribution in [-0.4, -0.2) is 4.55 Å². The summed E-state index contributed by atoms with van der Waals surface area (Å²) in [5.74, 6) is 0. The van der Waals surface area contributed by atoms with Crippen LogP contribution >= 0.6 is 0 Å². The topological polar surface area (TPSA) is 23.1 Å². The van der Waals surface area contributed by atoms with Crippen LogP contribution in [0.3, 0.4) is 0 Å². The van der Waals surface area contributed by atoms with Crippen molar-refractivity contribution >= 4 is 11.2 Å². The molecular formula is C18H14OS. The van der Waals surface area contributed by atoms with Crippen molar-refractivity contribution in [3.05, 3.63) is 84.9 Å². The fourth-order valence-corrected chi connectivity index (χ4v) is 3.40. The first kappa shape index (κ1) is 13.0. The van der Waals surface area contributed by atoms with Crippen LogP contribution < -0.4 is 0 Å². The molecule has 0 aromatic heterocycles. The standard InChI is InChI=1S/C18H14OS/c19-20(16-11-5-2-6-12-16)18-14-8-7-13-17(18)15-9-3-1-4-10-15/h1-14H. The van der Waals surface area contributed by atoms with Gasteiger partial charge in [-0.3, -0.25) is 0 Å². The highest BCUT2D eigenvalue weighted by Gasteiger charge is 2.19. The van der Waals surface area contributed by atoms with E-state index in [1.165, 1.54) is 0 Å². The Balaban J connectivity index is 2.07. The SMILES string of the molecule is [O-][S+](c1ccccc1)c1ccccc1-c1ccccc1. The molecule has 0 amide bonds. The van der Waals surface area contributed by atoms with E-state index in [1.807, 2.05) is 84.9 Å². The molecule has 0 heterocycles. The summed E-state index contributed by atoms with van der Waals surface area (Å²) >= 11 is -1.16. The van der Waals surface area contributed by atoms with Crippen LogP contribution in [0.15, 0.2) is 94.7 Å².